The normalized spacial score (nSPS) is 10.1. The number of thioether (sulfide) groups is 2. The molecule has 0 amide bonds. The van der Waals surface area contributed by atoms with Crippen LogP contribution in [0.2, 0.25) is 5.02 Å². The van der Waals surface area contributed by atoms with Crippen molar-refractivity contribution in [2.75, 3.05) is 12.5 Å². The van der Waals surface area contributed by atoms with Gasteiger partial charge >= 0.3 is 0 Å². The van der Waals surface area contributed by atoms with Crippen molar-refractivity contribution in [3.63, 3.8) is 0 Å². The molecule has 0 saturated heterocycles. The van der Waals surface area contributed by atoms with E-state index in [4.69, 9.17) is 11.6 Å². The molecule has 0 nitrogen and oxygen atoms in total. The van der Waals surface area contributed by atoms with E-state index in [1.165, 1.54) is 9.79 Å². The summed E-state index contributed by atoms with van der Waals surface area (Å²) in [7, 11) is 0. The Morgan fingerprint density at radius 2 is 1.45 bits per heavy atom. The van der Waals surface area contributed by atoms with Crippen LogP contribution in [0.15, 0.2) is 28.0 Å². The van der Waals surface area contributed by atoms with Gasteiger partial charge in [-0.2, -0.15) is 0 Å². The third kappa shape index (κ3) is 2.62. The van der Waals surface area contributed by atoms with Crippen LogP contribution in [0.1, 0.15) is 0 Å². The summed E-state index contributed by atoms with van der Waals surface area (Å²) in [4.78, 5) is 2.45. The monoisotopic (exact) mass is 204 g/mol. The van der Waals surface area contributed by atoms with Crippen LogP contribution >= 0.6 is 35.1 Å². The summed E-state index contributed by atoms with van der Waals surface area (Å²) >= 11 is 9.31. The molecule has 0 aliphatic heterocycles. The summed E-state index contributed by atoms with van der Waals surface area (Å²) in [5.41, 5.74) is 0. The van der Waals surface area contributed by atoms with E-state index in [0.717, 1.165) is 5.02 Å². The Kier molecular flexibility index (Phi) is 3.63. The predicted octanol–water partition coefficient (Wildman–Crippen LogP) is 3.78. The predicted molar refractivity (Wildman–Crippen MR) is 55.0 cm³/mol. The molecule has 0 N–H and O–H groups in total. The van der Waals surface area contributed by atoms with Gasteiger partial charge in [0.25, 0.3) is 0 Å². The van der Waals surface area contributed by atoms with Crippen molar-refractivity contribution in [3.8, 4) is 0 Å². The van der Waals surface area contributed by atoms with Crippen molar-refractivity contribution in [2.24, 2.45) is 0 Å². The van der Waals surface area contributed by atoms with Gasteiger partial charge < -0.3 is 0 Å². The fourth-order valence-corrected chi connectivity index (χ4v) is 2.19. The molecule has 0 heterocycles. The first kappa shape index (κ1) is 9.30. The first-order chi connectivity index (χ1) is 5.26. The summed E-state index contributed by atoms with van der Waals surface area (Å²) < 4.78 is 0. The zero-order valence-corrected chi connectivity index (χ0v) is 8.82. The zero-order valence-electron chi connectivity index (χ0n) is 6.43. The maximum absolute atomic E-state index is 5.88. The van der Waals surface area contributed by atoms with E-state index < -0.39 is 0 Å². The number of halogens is 1. The van der Waals surface area contributed by atoms with Crippen molar-refractivity contribution >= 4 is 35.1 Å². The van der Waals surface area contributed by atoms with Crippen LogP contribution in [0, 0.1) is 0 Å². The fraction of sp³-hybridized carbons (Fsp3) is 0.250. The number of hydrogen-bond acceptors (Lipinski definition) is 2. The van der Waals surface area contributed by atoms with Gasteiger partial charge in [0.1, 0.15) is 0 Å². The van der Waals surface area contributed by atoms with Gasteiger partial charge in [0.15, 0.2) is 0 Å². The third-order valence-electron chi connectivity index (χ3n) is 1.32. The van der Waals surface area contributed by atoms with Crippen molar-refractivity contribution in [1.29, 1.82) is 0 Å². The summed E-state index contributed by atoms with van der Waals surface area (Å²) in [5.74, 6) is 0. The molecule has 1 aromatic carbocycles. The summed E-state index contributed by atoms with van der Waals surface area (Å²) in [5, 5.41) is 0.821. The molecule has 1 aromatic rings. The molecule has 1 rings (SSSR count). The Hall–Kier alpha value is 0.210. The molecule has 0 saturated carbocycles. The molecule has 0 fully saturated rings. The Morgan fingerprint density at radius 1 is 1.00 bits per heavy atom. The molecule has 0 atom stereocenters. The molecule has 0 aromatic heterocycles. The Bertz CT molecular complexity index is 226. The summed E-state index contributed by atoms with van der Waals surface area (Å²) in [6.07, 6.45) is 4.10. The van der Waals surface area contributed by atoms with Crippen molar-refractivity contribution in [1.82, 2.24) is 0 Å². The molecule has 3 heteroatoms. The number of benzene rings is 1. The first-order valence-electron chi connectivity index (χ1n) is 3.15. The number of rotatable bonds is 2. The van der Waals surface area contributed by atoms with Crippen LogP contribution in [0.5, 0.6) is 0 Å². The zero-order chi connectivity index (χ0) is 8.27. The highest BCUT2D eigenvalue weighted by Gasteiger charge is 1.96. The molecule has 0 aliphatic carbocycles. The highest BCUT2D eigenvalue weighted by molar-refractivity contribution is 7.99. The van der Waals surface area contributed by atoms with Crippen LogP contribution in [0.25, 0.3) is 0 Å². The van der Waals surface area contributed by atoms with Gasteiger partial charge in [-0.05, 0) is 30.7 Å². The second kappa shape index (κ2) is 4.29. The minimum atomic E-state index is 0.821. The van der Waals surface area contributed by atoms with E-state index >= 15 is 0 Å². The van der Waals surface area contributed by atoms with Crippen molar-refractivity contribution in [3.05, 3.63) is 23.2 Å². The molecule has 60 valence electrons. The van der Waals surface area contributed by atoms with Crippen LogP contribution in [-0.4, -0.2) is 12.5 Å². The van der Waals surface area contributed by atoms with Gasteiger partial charge in [-0.15, -0.1) is 23.5 Å². The number of hydrogen-bond donors (Lipinski definition) is 0. The van der Waals surface area contributed by atoms with Gasteiger partial charge in [-0.3, -0.25) is 0 Å². The molecule has 0 unspecified atom stereocenters. The highest BCUT2D eigenvalue weighted by Crippen LogP contribution is 2.26. The second-order valence-corrected chi connectivity index (χ2v) is 4.23. The maximum Gasteiger partial charge on any atom is 0.0428 e. The largest absolute Gasteiger partial charge is 0.130 e. The molecule has 0 spiro atoms. The van der Waals surface area contributed by atoms with E-state index in [2.05, 4.69) is 18.6 Å². The minimum Gasteiger partial charge on any atom is -0.130 e. The average molecular weight is 205 g/mol. The first-order valence-corrected chi connectivity index (χ1v) is 5.97. The van der Waals surface area contributed by atoms with Gasteiger partial charge in [0.05, 0.1) is 0 Å². The topological polar surface area (TPSA) is 0 Å². The van der Waals surface area contributed by atoms with Crippen molar-refractivity contribution < 1.29 is 0 Å². The van der Waals surface area contributed by atoms with Gasteiger partial charge in [0.2, 0.25) is 0 Å². The summed E-state index contributed by atoms with van der Waals surface area (Å²) in [6.45, 7) is 0. The lowest BCUT2D eigenvalue weighted by molar-refractivity contribution is 1.34. The van der Waals surface area contributed by atoms with E-state index in [1.807, 2.05) is 12.1 Å². The van der Waals surface area contributed by atoms with Gasteiger partial charge in [-0.1, -0.05) is 11.6 Å². The van der Waals surface area contributed by atoms with Crippen molar-refractivity contribution in [2.45, 2.75) is 9.79 Å². The van der Waals surface area contributed by atoms with E-state index in [1.54, 1.807) is 23.5 Å². The van der Waals surface area contributed by atoms with Crippen LogP contribution in [0.3, 0.4) is 0 Å². The fourth-order valence-electron chi connectivity index (χ4n) is 0.773. The second-order valence-electron chi connectivity index (χ2n) is 2.03. The van der Waals surface area contributed by atoms with E-state index in [-0.39, 0.29) is 0 Å². The summed E-state index contributed by atoms with van der Waals surface area (Å²) in [6, 6.07) is 6.10. The lowest BCUT2D eigenvalue weighted by atomic mass is 10.4. The van der Waals surface area contributed by atoms with E-state index in [9.17, 15) is 0 Å². The third-order valence-corrected chi connectivity index (χ3v) is 2.95. The Balaban J connectivity index is 3.02. The molecular weight excluding hydrogens is 196 g/mol. The smallest absolute Gasteiger partial charge is 0.0428 e. The quantitative estimate of drug-likeness (QED) is 0.673. The molecule has 0 bridgehead atoms. The average Bonchev–Trinajstić information content (AvgIpc) is 2.03. The van der Waals surface area contributed by atoms with Crippen LogP contribution < -0.4 is 0 Å². The Labute approximate surface area is 80.7 Å². The Morgan fingerprint density at radius 3 is 1.82 bits per heavy atom. The molecular formula is C8H9ClS2. The molecule has 0 radical (unpaired) electrons. The van der Waals surface area contributed by atoms with E-state index in [0.29, 0.717) is 0 Å². The lowest BCUT2D eigenvalue weighted by Crippen LogP contribution is -1.73. The van der Waals surface area contributed by atoms with Crippen LogP contribution in [0.4, 0.5) is 0 Å². The van der Waals surface area contributed by atoms with Crippen LogP contribution in [-0.2, 0) is 0 Å². The van der Waals surface area contributed by atoms with Gasteiger partial charge in [0, 0.05) is 14.8 Å². The minimum absolute atomic E-state index is 0.821. The standard InChI is InChI=1S/C8H9ClS2/c1-10-7-3-6(9)4-8(5-7)11-2/h3-5H,1-2H3. The molecule has 0 aliphatic rings. The highest BCUT2D eigenvalue weighted by atomic mass is 35.5. The maximum atomic E-state index is 5.88. The SMILES string of the molecule is CSc1cc(Cl)cc(SC)c1. The lowest BCUT2D eigenvalue weighted by Gasteiger charge is -2.00. The molecule has 11 heavy (non-hydrogen) atoms. The van der Waals surface area contributed by atoms with Gasteiger partial charge in [-0.25, -0.2) is 0 Å².